The molecule has 0 radical (unpaired) electrons. The van der Waals surface area contributed by atoms with Crippen LogP contribution in [0.2, 0.25) is 0 Å². The highest BCUT2D eigenvalue weighted by atomic mass is 79.9. The van der Waals surface area contributed by atoms with Crippen molar-refractivity contribution in [2.45, 2.75) is 6.10 Å². The van der Waals surface area contributed by atoms with Gasteiger partial charge in [0.15, 0.2) is 0 Å². The van der Waals surface area contributed by atoms with Gasteiger partial charge >= 0.3 is 0 Å². The number of hydrogen-bond acceptors (Lipinski definition) is 1. The number of hydrogen-bond donors (Lipinski definition) is 0. The Labute approximate surface area is 72.3 Å². The predicted molar refractivity (Wildman–Crippen MR) is 42.8 cm³/mol. The molecule has 0 spiro atoms. The molecular formula is C8H6BrFO. The van der Waals surface area contributed by atoms with Gasteiger partial charge in [-0.15, -0.1) is 0 Å². The van der Waals surface area contributed by atoms with Crippen molar-refractivity contribution in [1.29, 1.82) is 0 Å². The first-order valence-electron chi connectivity index (χ1n) is 3.34. The van der Waals surface area contributed by atoms with E-state index in [1.54, 1.807) is 6.07 Å². The average Bonchev–Trinajstić information content (AvgIpc) is 2.70. The van der Waals surface area contributed by atoms with E-state index >= 15 is 0 Å². The van der Waals surface area contributed by atoms with E-state index in [9.17, 15) is 4.39 Å². The normalized spacial score (nSPS) is 21.8. The molecule has 1 aliphatic rings. The second-order valence-corrected chi connectivity index (χ2v) is 3.31. The van der Waals surface area contributed by atoms with Crippen molar-refractivity contribution in [1.82, 2.24) is 0 Å². The zero-order valence-electron chi connectivity index (χ0n) is 5.68. The van der Waals surface area contributed by atoms with Gasteiger partial charge in [-0.25, -0.2) is 4.39 Å². The molecule has 0 N–H and O–H groups in total. The van der Waals surface area contributed by atoms with E-state index in [1.165, 1.54) is 6.07 Å². The minimum Gasteiger partial charge on any atom is -0.368 e. The summed E-state index contributed by atoms with van der Waals surface area (Å²) >= 11 is 3.27. The van der Waals surface area contributed by atoms with E-state index in [2.05, 4.69) is 15.9 Å². The minimum atomic E-state index is -0.193. The first kappa shape index (κ1) is 7.25. The fourth-order valence-electron chi connectivity index (χ4n) is 1.03. The van der Waals surface area contributed by atoms with E-state index in [0.29, 0.717) is 12.2 Å². The number of halogens is 2. The van der Waals surface area contributed by atoms with Crippen LogP contribution in [0.3, 0.4) is 0 Å². The third-order valence-electron chi connectivity index (χ3n) is 1.66. The van der Waals surface area contributed by atoms with E-state index in [-0.39, 0.29) is 11.9 Å². The van der Waals surface area contributed by atoms with Crippen LogP contribution in [0.1, 0.15) is 11.7 Å². The lowest BCUT2D eigenvalue weighted by molar-refractivity contribution is 0.407. The Kier molecular flexibility index (Phi) is 1.69. The lowest BCUT2D eigenvalue weighted by Gasteiger charge is -2.00. The monoisotopic (exact) mass is 216 g/mol. The number of ether oxygens (including phenoxy) is 1. The average molecular weight is 217 g/mol. The minimum absolute atomic E-state index is 0.0226. The van der Waals surface area contributed by atoms with Gasteiger partial charge < -0.3 is 4.74 Å². The van der Waals surface area contributed by atoms with Crippen LogP contribution < -0.4 is 0 Å². The molecule has 0 unspecified atom stereocenters. The molecule has 11 heavy (non-hydrogen) atoms. The molecule has 1 aromatic rings. The van der Waals surface area contributed by atoms with Crippen molar-refractivity contribution in [3.63, 3.8) is 0 Å². The van der Waals surface area contributed by atoms with Crippen LogP contribution in [0.15, 0.2) is 22.7 Å². The van der Waals surface area contributed by atoms with Crippen molar-refractivity contribution >= 4 is 15.9 Å². The second kappa shape index (κ2) is 2.57. The zero-order valence-corrected chi connectivity index (χ0v) is 7.27. The van der Waals surface area contributed by atoms with Gasteiger partial charge in [-0.1, -0.05) is 22.0 Å². The largest absolute Gasteiger partial charge is 0.368 e. The lowest BCUT2D eigenvalue weighted by atomic mass is 10.1. The van der Waals surface area contributed by atoms with Gasteiger partial charge in [0, 0.05) is 10.0 Å². The van der Waals surface area contributed by atoms with Crippen molar-refractivity contribution in [2.24, 2.45) is 0 Å². The summed E-state index contributed by atoms with van der Waals surface area (Å²) in [6.07, 6.45) is -0.0226. The van der Waals surface area contributed by atoms with Crippen molar-refractivity contribution in [2.75, 3.05) is 6.61 Å². The van der Waals surface area contributed by atoms with Gasteiger partial charge in [0.1, 0.15) is 11.9 Å². The summed E-state index contributed by atoms with van der Waals surface area (Å²) < 4.78 is 18.8. The Balaban J connectivity index is 2.48. The van der Waals surface area contributed by atoms with Gasteiger partial charge in [0.2, 0.25) is 0 Å². The number of rotatable bonds is 1. The zero-order chi connectivity index (χ0) is 7.84. The SMILES string of the molecule is Fc1cccc(Br)c1[C@H]1CO1. The third kappa shape index (κ3) is 1.30. The van der Waals surface area contributed by atoms with E-state index in [1.807, 2.05) is 6.07 Å². The quantitative estimate of drug-likeness (QED) is 0.658. The van der Waals surface area contributed by atoms with Crippen molar-refractivity contribution in [3.05, 3.63) is 34.1 Å². The maximum atomic E-state index is 13.0. The highest BCUT2D eigenvalue weighted by Gasteiger charge is 2.29. The number of epoxide rings is 1. The third-order valence-corrected chi connectivity index (χ3v) is 2.35. The first-order chi connectivity index (χ1) is 5.29. The van der Waals surface area contributed by atoms with Crippen LogP contribution in [0.25, 0.3) is 0 Å². The van der Waals surface area contributed by atoms with Crippen LogP contribution >= 0.6 is 15.9 Å². The topological polar surface area (TPSA) is 12.5 Å². The molecule has 0 aliphatic carbocycles. The summed E-state index contributed by atoms with van der Waals surface area (Å²) in [5.41, 5.74) is 0.646. The molecule has 1 saturated heterocycles. The van der Waals surface area contributed by atoms with Crippen LogP contribution in [0, 0.1) is 5.82 Å². The predicted octanol–water partition coefficient (Wildman–Crippen LogP) is 2.66. The smallest absolute Gasteiger partial charge is 0.130 e. The Hall–Kier alpha value is -0.410. The van der Waals surface area contributed by atoms with E-state index in [0.717, 1.165) is 4.47 Å². The second-order valence-electron chi connectivity index (χ2n) is 2.46. The van der Waals surface area contributed by atoms with Crippen molar-refractivity contribution < 1.29 is 9.13 Å². The first-order valence-corrected chi connectivity index (χ1v) is 4.14. The summed E-state index contributed by atoms with van der Waals surface area (Å²) in [6, 6.07) is 4.94. The Morgan fingerprint density at radius 3 is 2.82 bits per heavy atom. The summed E-state index contributed by atoms with van der Waals surface area (Å²) in [5, 5.41) is 0. The molecule has 0 aromatic heterocycles. The van der Waals surface area contributed by atoms with Crippen molar-refractivity contribution in [3.8, 4) is 0 Å². The summed E-state index contributed by atoms with van der Waals surface area (Å²) in [6.45, 7) is 0.638. The molecule has 0 amide bonds. The maximum Gasteiger partial charge on any atom is 0.130 e. The van der Waals surface area contributed by atoms with E-state index in [4.69, 9.17) is 4.74 Å². The number of benzene rings is 1. The molecule has 3 heteroatoms. The maximum absolute atomic E-state index is 13.0. The molecule has 2 rings (SSSR count). The molecule has 0 bridgehead atoms. The van der Waals surface area contributed by atoms with E-state index < -0.39 is 0 Å². The Morgan fingerprint density at radius 1 is 1.55 bits per heavy atom. The van der Waals surface area contributed by atoms with Crippen LogP contribution in [-0.2, 0) is 4.74 Å². The fourth-order valence-corrected chi connectivity index (χ4v) is 1.63. The molecule has 0 saturated carbocycles. The Bertz CT molecular complexity index is 263. The van der Waals surface area contributed by atoms with Gasteiger partial charge in [0.05, 0.1) is 6.61 Å². The molecule has 1 nitrogen and oxygen atoms in total. The molecule has 1 fully saturated rings. The summed E-state index contributed by atoms with van der Waals surface area (Å²) in [4.78, 5) is 0. The lowest BCUT2D eigenvalue weighted by Crippen LogP contribution is -1.88. The highest BCUT2D eigenvalue weighted by Crippen LogP contribution is 2.36. The Morgan fingerprint density at radius 2 is 2.27 bits per heavy atom. The van der Waals surface area contributed by atoms with Gasteiger partial charge in [-0.2, -0.15) is 0 Å². The molecule has 1 aromatic carbocycles. The standard InChI is InChI=1S/C8H6BrFO/c9-5-2-1-3-6(10)8(5)7-4-11-7/h1-3,7H,4H2/t7-/m1/s1. The molecule has 1 aliphatic heterocycles. The molecule has 1 heterocycles. The van der Waals surface area contributed by atoms with Gasteiger partial charge in [0.25, 0.3) is 0 Å². The fraction of sp³-hybridized carbons (Fsp3) is 0.250. The molecule has 58 valence electrons. The highest BCUT2D eigenvalue weighted by molar-refractivity contribution is 9.10. The summed E-state index contributed by atoms with van der Waals surface area (Å²) in [5.74, 6) is -0.193. The van der Waals surface area contributed by atoms with Gasteiger partial charge in [-0.05, 0) is 12.1 Å². The van der Waals surface area contributed by atoms with Crippen LogP contribution in [0.4, 0.5) is 4.39 Å². The summed E-state index contributed by atoms with van der Waals surface area (Å²) in [7, 11) is 0. The van der Waals surface area contributed by atoms with Crippen LogP contribution in [-0.4, -0.2) is 6.61 Å². The molecular weight excluding hydrogens is 211 g/mol. The molecule has 1 atom stereocenters. The van der Waals surface area contributed by atoms with Gasteiger partial charge in [-0.3, -0.25) is 0 Å². The van der Waals surface area contributed by atoms with Crippen LogP contribution in [0.5, 0.6) is 0 Å².